The molecule has 0 radical (unpaired) electrons. The maximum Gasteiger partial charge on any atom is 0.325 e. The molecule has 2 N–H and O–H groups in total. The van der Waals surface area contributed by atoms with Gasteiger partial charge in [-0.3, -0.25) is 24.0 Å². The summed E-state index contributed by atoms with van der Waals surface area (Å²) in [6, 6.07) is 11.1. The van der Waals surface area contributed by atoms with E-state index in [1.807, 2.05) is 6.07 Å². The molecular weight excluding hydrogens is 460 g/mol. The first-order valence-electron chi connectivity index (χ1n) is 10.8. The van der Waals surface area contributed by atoms with E-state index in [0.29, 0.717) is 11.4 Å². The number of nitrogens with zero attached hydrogens (tertiary/aromatic N) is 3. The fraction of sp³-hybridized carbons (Fsp3) is 0.250. The van der Waals surface area contributed by atoms with Crippen LogP contribution < -0.4 is 16.2 Å². The molecule has 1 atom stereocenters. The van der Waals surface area contributed by atoms with Crippen molar-refractivity contribution in [1.82, 2.24) is 19.6 Å². The molecule has 0 saturated carbocycles. The van der Waals surface area contributed by atoms with E-state index in [2.05, 4.69) is 10.6 Å². The fourth-order valence-corrected chi connectivity index (χ4v) is 4.03. The summed E-state index contributed by atoms with van der Waals surface area (Å²) in [6.07, 6.45) is -0.272. The van der Waals surface area contributed by atoms with Crippen LogP contribution in [0, 0.1) is 18.6 Å². The Bertz CT molecular complexity index is 1400. The van der Waals surface area contributed by atoms with Gasteiger partial charge in [-0.05, 0) is 43.7 Å². The van der Waals surface area contributed by atoms with Crippen molar-refractivity contribution in [2.45, 2.75) is 25.8 Å². The first-order chi connectivity index (χ1) is 16.5. The van der Waals surface area contributed by atoms with E-state index in [4.69, 9.17) is 0 Å². The molecule has 1 aromatic heterocycles. The predicted octanol–water partition coefficient (Wildman–Crippen LogP) is 2.56. The Morgan fingerprint density at radius 2 is 1.74 bits per heavy atom. The van der Waals surface area contributed by atoms with Gasteiger partial charge in [0.1, 0.15) is 11.2 Å². The van der Waals surface area contributed by atoms with Crippen LogP contribution in [0.2, 0.25) is 0 Å². The third kappa shape index (κ3) is 4.09. The van der Waals surface area contributed by atoms with Crippen molar-refractivity contribution >= 4 is 23.5 Å². The molecule has 35 heavy (non-hydrogen) atoms. The van der Waals surface area contributed by atoms with Crippen LogP contribution in [-0.2, 0) is 22.2 Å². The lowest BCUT2D eigenvalue weighted by atomic mass is 9.92. The van der Waals surface area contributed by atoms with E-state index in [0.717, 1.165) is 17.0 Å². The Balaban J connectivity index is 1.48. The molecule has 2 aromatic carbocycles. The fourth-order valence-electron chi connectivity index (χ4n) is 4.03. The number of aromatic nitrogens is 2. The second-order valence-corrected chi connectivity index (χ2v) is 8.38. The molecule has 1 saturated heterocycles. The Morgan fingerprint density at radius 1 is 1.06 bits per heavy atom. The molecular formula is C24H23F2N5O4. The van der Waals surface area contributed by atoms with Gasteiger partial charge in [-0.25, -0.2) is 18.3 Å². The minimum absolute atomic E-state index is 0.0723. The minimum atomic E-state index is -1.61. The lowest BCUT2D eigenvalue weighted by Crippen LogP contribution is -2.41. The lowest BCUT2D eigenvalue weighted by molar-refractivity contribution is -0.131. The first kappa shape index (κ1) is 23.9. The highest BCUT2D eigenvalue weighted by atomic mass is 19.2. The number of hydrogen-bond donors (Lipinski definition) is 2. The number of nitrogens with one attached hydrogen (secondary N) is 2. The molecule has 1 fully saturated rings. The van der Waals surface area contributed by atoms with Crippen LogP contribution in [0.4, 0.5) is 19.3 Å². The maximum absolute atomic E-state index is 13.7. The number of halogens is 2. The Morgan fingerprint density at radius 3 is 2.40 bits per heavy atom. The van der Waals surface area contributed by atoms with Gasteiger partial charge in [-0.2, -0.15) is 0 Å². The Kier molecular flexibility index (Phi) is 6.01. The van der Waals surface area contributed by atoms with Crippen LogP contribution in [-0.4, -0.2) is 38.7 Å². The molecule has 4 rings (SSSR count). The number of para-hydroxylation sites is 1. The maximum atomic E-state index is 13.7. The molecule has 1 aliphatic rings. The smallest absolute Gasteiger partial charge is 0.320 e. The summed E-state index contributed by atoms with van der Waals surface area (Å²) in [5, 5.41) is 5.05. The normalized spacial score (nSPS) is 17.6. The topological polar surface area (TPSA) is 105 Å². The van der Waals surface area contributed by atoms with E-state index in [9.17, 15) is 28.0 Å². The van der Waals surface area contributed by atoms with Crippen LogP contribution >= 0.6 is 0 Å². The number of anilines is 1. The summed E-state index contributed by atoms with van der Waals surface area (Å²) in [4.78, 5) is 51.8. The van der Waals surface area contributed by atoms with Gasteiger partial charge in [0.05, 0.1) is 11.4 Å². The summed E-state index contributed by atoms with van der Waals surface area (Å²) < 4.78 is 30.0. The average molecular weight is 483 g/mol. The molecule has 9 nitrogen and oxygen atoms in total. The SMILES string of the molecule is Cc1c(NC(=O)CCN2C(=O)NC(C)(c3ccc(F)c(F)c3)C2=O)c(=O)n(-c2ccccc2)n1C. The number of amides is 4. The van der Waals surface area contributed by atoms with Gasteiger partial charge in [0.2, 0.25) is 5.91 Å². The highest BCUT2D eigenvalue weighted by Crippen LogP contribution is 2.30. The molecule has 3 aromatic rings. The van der Waals surface area contributed by atoms with Crippen molar-refractivity contribution in [1.29, 1.82) is 0 Å². The quantitative estimate of drug-likeness (QED) is 0.526. The lowest BCUT2D eigenvalue weighted by Gasteiger charge is -2.22. The number of carbonyl (C=O) groups is 3. The average Bonchev–Trinajstić information content (AvgIpc) is 3.18. The number of imide groups is 1. The number of carbonyl (C=O) groups excluding carboxylic acids is 3. The van der Waals surface area contributed by atoms with E-state index in [1.165, 1.54) is 17.7 Å². The van der Waals surface area contributed by atoms with Crippen LogP contribution in [0.3, 0.4) is 0 Å². The van der Waals surface area contributed by atoms with Crippen LogP contribution in [0.25, 0.3) is 5.69 Å². The van der Waals surface area contributed by atoms with Crippen LogP contribution in [0.15, 0.2) is 53.3 Å². The largest absolute Gasteiger partial charge is 0.325 e. The van der Waals surface area contributed by atoms with Crippen molar-refractivity contribution in [3.63, 3.8) is 0 Å². The minimum Gasteiger partial charge on any atom is -0.320 e. The molecule has 182 valence electrons. The highest BCUT2D eigenvalue weighted by molar-refractivity contribution is 6.07. The van der Waals surface area contributed by atoms with Gasteiger partial charge in [0.15, 0.2) is 11.6 Å². The highest BCUT2D eigenvalue weighted by Gasteiger charge is 2.49. The second-order valence-electron chi connectivity index (χ2n) is 8.38. The van der Waals surface area contributed by atoms with Gasteiger partial charge < -0.3 is 10.6 Å². The summed E-state index contributed by atoms with van der Waals surface area (Å²) in [5.74, 6) is -3.50. The van der Waals surface area contributed by atoms with Gasteiger partial charge in [-0.15, -0.1) is 0 Å². The van der Waals surface area contributed by atoms with E-state index in [-0.39, 0.29) is 24.2 Å². The zero-order chi connectivity index (χ0) is 25.5. The van der Waals surface area contributed by atoms with Crippen LogP contribution in [0.1, 0.15) is 24.6 Å². The van der Waals surface area contributed by atoms with Crippen LogP contribution in [0.5, 0.6) is 0 Å². The molecule has 0 aliphatic carbocycles. The zero-order valence-corrected chi connectivity index (χ0v) is 19.3. The zero-order valence-electron chi connectivity index (χ0n) is 19.3. The molecule has 0 bridgehead atoms. The van der Waals surface area contributed by atoms with Gasteiger partial charge >= 0.3 is 6.03 Å². The van der Waals surface area contributed by atoms with Crippen molar-refractivity contribution in [2.75, 3.05) is 11.9 Å². The molecule has 11 heteroatoms. The summed E-state index contributed by atoms with van der Waals surface area (Å²) in [5.41, 5.74) is -0.729. The Labute approximate surface area is 198 Å². The van der Waals surface area contributed by atoms with Gasteiger partial charge in [-0.1, -0.05) is 24.3 Å². The third-order valence-electron chi connectivity index (χ3n) is 6.15. The number of rotatable bonds is 6. The van der Waals surface area contributed by atoms with Crippen molar-refractivity contribution in [3.05, 3.63) is 81.8 Å². The molecule has 1 aliphatic heterocycles. The van der Waals surface area contributed by atoms with E-state index in [1.54, 1.807) is 42.9 Å². The third-order valence-corrected chi connectivity index (χ3v) is 6.15. The van der Waals surface area contributed by atoms with Gasteiger partial charge in [0.25, 0.3) is 11.5 Å². The molecule has 1 unspecified atom stereocenters. The second kappa shape index (κ2) is 8.82. The molecule has 4 amide bonds. The number of benzene rings is 2. The number of hydrogen-bond acceptors (Lipinski definition) is 4. The Hall–Kier alpha value is -4.28. The monoisotopic (exact) mass is 483 g/mol. The van der Waals surface area contributed by atoms with Crippen molar-refractivity contribution in [2.24, 2.45) is 7.05 Å². The summed E-state index contributed by atoms with van der Waals surface area (Å²) >= 11 is 0. The van der Waals surface area contributed by atoms with E-state index < -0.39 is 40.6 Å². The standard InChI is InChI=1S/C24H23F2N5O4/c1-14-20(21(33)31(29(14)3)16-7-5-4-6-8-16)27-19(32)11-12-30-22(34)24(2,28-23(30)35)15-9-10-17(25)18(26)13-15/h4-10,13H,11-12H2,1-3H3,(H,27,32)(H,28,35). The van der Waals surface area contributed by atoms with E-state index >= 15 is 0 Å². The summed E-state index contributed by atoms with van der Waals surface area (Å²) in [6.45, 7) is 2.79. The molecule has 2 heterocycles. The van der Waals surface area contributed by atoms with Crippen molar-refractivity contribution in [3.8, 4) is 5.69 Å². The van der Waals surface area contributed by atoms with Gasteiger partial charge in [0, 0.05) is 20.0 Å². The van der Waals surface area contributed by atoms with Crippen molar-refractivity contribution < 1.29 is 23.2 Å². The predicted molar refractivity (Wildman–Crippen MR) is 123 cm³/mol. The number of urea groups is 1. The molecule has 0 spiro atoms. The first-order valence-corrected chi connectivity index (χ1v) is 10.8. The summed E-state index contributed by atoms with van der Waals surface area (Å²) in [7, 11) is 1.69.